The molecule has 0 aromatic heterocycles. The number of hydrogen-bond acceptors (Lipinski definition) is 0. The van der Waals surface area contributed by atoms with Crippen LogP contribution in [0.15, 0.2) is 18.2 Å². The number of fused-ring (bicyclic) bond motifs is 2. The molecule has 0 aliphatic heterocycles. The molecule has 2 unspecified atom stereocenters. The first kappa shape index (κ1) is 7.54. The quantitative estimate of drug-likeness (QED) is 0.570. The van der Waals surface area contributed by atoms with Crippen LogP contribution in [0, 0.1) is 11.7 Å². The molecular weight excluding hydrogens is 163 g/mol. The lowest BCUT2D eigenvalue weighted by Crippen LogP contribution is -2.03. The highest BCUT2D eigenvalue weighted by atomic mass is 19.1. The summed E-state index contributed by atoms with van der Waals surface area (Å²) in [6, 6.07) is 5.31. The molecule has 1 heteroatoms. The topological polar surface area (TPSA) is 0 Å². The third-order valence-corrected chi connectivity index (χ3v) is 3.90. The second-order valence-electron chi connectivity index (χ2n) is 4.56. The van der Waals surface area contributed by atoms with Gasteiger partial charge in [-0.05, 0) is 53.9 Å². The van der Waals surface area contributed by atoms with Crippen LogP contribution in [0.4, 0.5) is 4.39 Å². The fourth-order valence-electron chi connectivity index (χ4n) is 2.93. The van der Waals surface area contributed by atoms with Crippen LogP contribution < -0.4 is 0 Å². The van der Waals surface area contributed by atoms with Gasteiger partial charge < -0.3 is 0 Å². The fraction of sp³-hybridized carbons (Fsp3) is 0.500. The SMILES string of the molecule is CC1CC12CCc1ccc(F)cc12. The van der Waals surface area contributed by atoms with Gasteiger partial charge in [0.25, 0.3) is 0 Å². The normalized spacial score (nSPS) is 35.1. The molecular formula is C12H13F. The lowest BCUT2D eigenvalue weighted by molar-refractivity contribution is 0.602. The van der Waals surface area contributed by atoms with Crippen molar-refractivity contribution in [1.82, 2.24) is 0 Å². The molecule has 1 aromatic carbocycles. The maximum Gasteiger partial charge on any atom is 0.123 e. The van der Waals surface area contributed by atoms with Crippen molar-refractivity contribution in [3.8, 4) is 0 Å². The minimum Gasteiger partial charge on any atom is -0.207 e. The zero-order chi connectivity index (χ0) is 9.05. The Bertz CT molecular complexity index is 369. The maximum absolute atomic E-state index is 13.1. The van der Waals surface area contributed by atoms with E-state index in [4.69, 9.17) is 0 Å². The first-order valence-corrected chi connectivity index (χ1v) is 5.01. The van der Waals surface area contributed by atoms with E-state index in [0.717, 1.165) is 12.3 Å². The molecule has 2 atom stereocenters. The molecule has 0 N–H and O–H groups in total. The second-order valence-corrected chi connectivity index (χ2v) is 4.56. The van der Waals surface area contributed by atoms with Crippen molar-refractivity contribution in [2.24, 2.45) is 5.92 Å². The minimum absolute atomic E-state index is 0.0703. The molecule has 1 spiro atoms. The number of benzene rings is 1. The van der Waals surface area contributed by atoms with E-state index in [-0.39, 0.29) is 5.82 Å². The van der Waals surface area contributed by atoms with Gasteiger partial charge in [0.1, 0.15) is 5.82 Å². The highest BCUT2D eigenvalue weighted by Crippen LogP contribution is 2.61. The average Bonchev–Trinajstić information content (AvgIpc) is 2.61. The van der Waals surface area contributed by atoms with E-state index < -0.39 is 0 Å². The summed E-state index contributed by atoms with van der Waals surface area (Å²) in [4.78, 5) is 0. The fourth-order valence-corrected chi connectivity index (χ4v) is 2.93. The van der Waals surface area contributed by atoms with Crippen molar-refractivity contribution >= 4 is 0 Å². The molecule has 1 saturated carbocycles. The van der Waals surface area contributed by atoms with E-state index >= 15 is 0 Å². The Balaban J connectivity index is 2.15. The largest absolute Gasteiger partial charge is 0.207 e. The highest BCUT2D eigenvalue weighted by Gasteiger charge is 2.55. The summed E-state index contributed by atoms with van der Waals surface area (Å²) >= 11 is 0. The number of aryl methyl sites for hydroxylation is 1. The predicted octanol–water partition coefficient (Wildman–Crippen LogP) is 3.05. The highest BCUT2D eigenvalue weighted by molar-refractivity contribution is 5.44. The molecule has 0 heterocycles. The molecule has 1 fully saturated rings. The van der Waals surface area contributed by atoms with E-state index in [1.54, 1.807) is 12.1 Å². The van der Waals surface area contributed by atoms with Crippen molar-refractivity contribution < 1.29 is 4.39 Å². The maximum atomic E-state index is 13.1. The van der Waals surface area contributed by atoms with Gasteiger partial charge in [-0.15, -0.1) is 0 Å². The van der Waals surface area contributed by atoms with Crippen LogP contribution in [-0.2, 0) is 11.8 Å². The molecule has 68 valence electrons. The zero-order valence-corrected chi connectivity index (χ0v) is 7.81. The van der Waals surface area contributed by atoms with Gasteiger partial charge in [0.2, 0.25) is 0 Å². The molecule has 2 aliphatic rings. The van der Waals surface area contributed by atoms with Gasteiger partial charge in [0.05, 0.1) is 0 Å². The van der Waals surface area contributed by atoms with Gasteiger partial charge in [-0.3, -0.25) is 0 Å². The van der Waals surface area contributed by atoms with Gasteiger partial charge in [0.15, 0.2) is 0 Å². The van der Waals surface area contributed by atoms with Gasteiger partial charge >= 0.3 is 0 Å². The Hall–Kier alpha value is -0.850. The van der Waals surface area contributed by atoms with Crippen LogP contribution in [0.1, 0.15) is 30.9 Å². The van der Waals surface area contributed by atoms with E-state index in [9.17, 15) is 4.39 Å². The Labute approximate surface area is 77.8 Å². The summed E-state index contributed by atoms with van der Waals surface area (Å²) in [7, 11) is 0. The Morgan fingerprint density at radius 3 is 2.92 bits per heavy atom. The van der Waals surface area contributed by atoms with Crippen molar-refractivity contribution in [3.05, 3.63) is 35.1 Å². The van der Waals surface area contributed by atoms with Gasteiger partial charge in [-0.1, -0.05) is 13.0 Å². The molecule has 0 bridgehead atoms. The third kappa shape index (κ3) is 0.849. The van der Waals surface area contributed by atoms with Crippen molar-refractivity contribution in [3.63, 3.8) is 0 Å². The lowest BCUT2D eigenvalue weighted by atomic mass is 9.96. The van der Waals surface area contributed by atoms with Crippen LogP contribution >= 0.6 is 0 Å². The first-order chi connectivity index (χ1) is 6.22. The van der Waals surface area contributed by atoms with Gasteiger partial charge in [-0.2, -0.15) is 0 Å². The number of hydrogen-bond donors (Lipinski definition) is 0. The molecule has 13 heavy (non-hydrogen) atoms. The summed E-state index contributed by atoms with van der Waals surface area (Å²) in [6.45, 7) is 2.28. The predicted molar refractivity (Wildman–Crippen MR) is 50.2 cm³/mol. The molecule has 3 rings (SSSR count). The Morgan fingerprint density at radius 2 is 2.23 bits per heavy atom. The molecule has 0 nitrogen and oxygen atoms in total. The summed E-state index contributed by atoms with van der Waals surface area (Å²) in [5, 5.41) is 0. The van der Waals surface area contributed by atoms with Crippen LogP contribution in [0.2, 0.25) is 0 Å². The van der Waals surface area contributed by atoms with Gasteiger partial charge in [0, 0.05) is 0 Å². The van der Waals surface area contributed by atoms with E-state index in [1.165, 1.54) is 24.0 Å². The smallest absolute Gasteiger partial charge is 0.123 e. The molecule has 0 radical (unpaired) electrons. The lowest BCUT2D eigenvalue weighted by Gasteiger charge is -2.09. The number of rotatable bonds is 0. The van der Waals surface area contributed by atoms with E-state index in [2.05, 4.69) is 6.92 Å². The summed E-state index contributed by atoms with van der Waals surface area (Å²) in [5.74, 6) is 0.703. The summed E-state index contributed by atoms with van der Waals surface area (Å²) in [6.07, 6.45) is 3.66. The van der Waals surface area contributed by atoms with Crippen molar-refractivity contribution in [2.75, 3.05) is 0 Å². The molecule has 1 aromatic rings. The summed E-state index contributed by atoms with van der Waals surface area (Å²) in [5.41, 5.74) is 3.07. The minimum atomic E-state index is -0.0703. The Kier molecular flexibility index (Phi) is 1.24. The van der Waals surface area contributed by atoms with Crippen molar-refractivity contribution in [2.45, 2.75) is 31.6 Å². The standard InChI is InChI=1S/C12H13F/c1-8-7-12(8)5-4-9-2-3-10(13)6-11(9)12/h2-3,6,8H,4-5,7H2,1H3. The van der Waals surface area contributed by atoms with Gasteiger partial charge in [-0.25, -0.2) is 4.39 Å². The van der Waals surface area contributed by atoms with Crippen LogP contribution in [-0.4, -0.2) is 0 Å². The first-order valence-electron chi connectivity index (χ1n) is 5.01. The molecule has 0 saturated heterocycles. The monoisotopic (exact) mass is 176 g/mol. The third-order valence-electron chi connectivity index (χ3n) is 3.90. The number of halogens is 1. The average molecular weight is 176 g/mol. The molecule has 0 amide bonds. The van der Waals surface area contributed by atoms with E-state index in [0.29, 0.717) is 5.41 Å². The van der Waals surface area contributed by atoms with E-state index in [1.807, 2.05) is 6.07 Å². The zero-order valence-electron chi connectivity index (χ0n) is 7.81. The summed E-state index contributed by atoms with van der Waals surface area (Å²) < 4.78 is 13.1. The second kappa shape index (κ2) is 2.14. The van der Waals surface area contributed by atoms with Crippen LogP contribution in [0.3, 0.4) is 0 Å². The van der Waals surface area contributed by atoms with Crippen LogP contribution in [0.25, 0.3) is 0 Å². The van der Waals surface area contributed by atoms with Crippen LogP contribution in [0.5, 0.6) is 0 Å². The Morgan fingerprint density at radius 1 is 1.46 bits per heavy atom. The van der Waals surface area contributed by atoms with Crippen molar-refractivity contribution in [1.29, 1.82) is 0 Å². The molecule has 2 aliphatic carbocycles.